The molecule has 2 rings (SSSR count). The summed E-state index contributed by atoms with van der Waals surface area (Å²) < 4.78 is 9.75. The van der Waals surface area contributed by atoms with E-state index in [2.05, 4.69) is 15.0 Å². The molecule has 0 saturated heterocycles. The Bertz CT molecular complexity index is 712. The van der Waals surface area contributed by atoms with Crippen LogP contribution in [0.2, 0.25) is 0 Å². The van der Waals surface area contributed by atoms with E-state index < -0.39 is 5.97 Å². The SMILES string of the molecule is COC(=O)COc1ccc(/C=C/C(=O)NCCc2cccnc2)cc1. The predicted molar refractivity (Wildman–Crippen MR) is 93.9 cm³/mol. The summed E-state index contributed by atoms with van der Waals surface area (Å²) in [6.07, 6.45) is 7.43. The van der Waals surface area contributed by atoms with Crippen LogP contribution >= 0.6 is 0 Å². The number of hydrogen-bond donors (Lipinski definition) is 1. The molecule has 0 aliphatic rings. The second kappa shape index (κ2) is 9.87. The molecule has 1 heterocycles. The number of nitrogens with one attached hydrogen (secondary N) is 1. The Balaban J connectivity index is 1.74. The van der Waals surface area contributed by atoms with Crippen LogP contribution in [0.15, 0.2) is 54.9 Å². The summed E-state index contributed by atoms with van der Waals surface area (Å²) in [6, 6.07) is 10.9. The van der Waals surface area contributed by atoms with Crippen LogP contribution < -0.4 is 10.1 Å². The summed E-state index contributed by atoms with van der Waals surface area (Å²) in [6.45, 7) is 0.417. The number of amides is 1. The van der Waals surface area contributed by atoms with Crippen molar-refractivity contribution in [3.63, 3.8) is 0 Å². The molecule has 0 fully saturated rings. The van der Waals surface area contributed by atoms with Crippen molar-refractivity contribution in [2.24, 2.45) is 0 Å². The molecule has 0 unspecified atom stereocenters. The van der Waals surface area contributed by atoms with E-state index in [0.29, 0.717) is 12.3 Å². The molecule has 6 nitrogen and oxygen atoms in total. The van der Waals surface area contributed by atoms with Gasteiger partial charge in [0.05, 0.1) is 7.11 Å². The smallest absolute Gasteiger partial charge is 0.343 e. The molecule has 1 amide bonds. The lowest BCUT2D eigenvalue weighted by Crippen LogP contribution is -2.23. The zero-order chi connectivity index (χ0) is 17.9. The molecule has 0 spiro atoms. The third-order valence-electron chi connectivity index (χ3n) is 3.33. The van der Waals surface area contributed by atoms with Gasteiger partial charge in [-0.05, 0) is 41.8 Å². The van der Waals surface area contributed by atoms with Gasteiger partial charge in [0, 0.05) is 25.0 Å². The number of nitrogens with zero attached hydrogens (tertiary/aromatic N) is 1. The maximum absolute atomic E-state index is 11.8. The number of rotatable bonds is 8. The van der Waals surface area contributed by atoms with Crippen molar-refractivity contribution in [1.82, 2.24) is 10.3 Å². The number of methoxy groups -OCH3 is 1. The molecule has 0 saturated carbocycles. The first-order valence-corrected chi connectivity index (χ1v) is 7.82. The minimum atomic E-state index is -0.438. The molecule has 0 radical (unpaired) electrons. The van der Waals surface area contributed by atoms with Gasteiger partial charge in [0.25, 0.3) is 0 Å². The zero-order valence-electron chi connectivity index (χ0n) is 14.0. The zero-order valence-corrected chi connectivity index (χ0v) is 14.0. The molecule has 25 heavy (non-hydrogen) atoms. The number of hydrogen-bond acceptors (Lipinski definition) is 5. The van der Waals surface area contributed by atoms with Gasteiger partial charge in [0.1, 0.15) is 5.75 Å². The number of ether oxygens (including phenoxy) is 2. The van der Waals surface area contributed by atoms with E-state index in [1.165, 1.54) is 13.2 Å². The number of benzene rings is 1. The lowest BCUT2D eigenvalue weighted by atomic mass is 10.2. The summed E-state index contributed by atoms with van der Waals surface area (Å²) in [5.41, 5.74) is 1.93. The maximum Gasteiger partial charge on any atom is 0.343 e. The maximum atomic E-state index is 11.8. The van der Waals surface area contributed by atoms with Crippen LogP contribution in [-0.4, -0.2) is 37.1 Å². The van der Waals surface area contributed by atoms with Gasteiger partial charge >= 0.3 is 5.97 Å². The van der Waals surface area contributed by atoms with E-state index in [-0.39, 0.29) is 12.5 Å². The highest BCUT2D eigenvalue weighted by atomic mass is 16.6. The quantitative estimate of drug-likeness (QED) is 0.587. The fourth-order valence-electron chi connectivity index (χ4n) is 1.98. The fraction of sp³-hybridized carbons (Fsp3) is 0.211. The van der Waals surface area contributed by atoms with Crippen molar-refractivity contribution >= 4 is 18.0 Å². The number of pyridine rings is 1. The van der Waals surface area contributed by atoms with E-state index >= 15 is 0 Å². The molecule has 0 bridgehead atoms. The average Bonchev–Trinajstić information content (AvgIpc) is 2.66. The Morgan fingerprint density at radius 1 is 1.20 bits per heavy atom. The van der Waals surface area contributed by atoms with Crippen LogP contribution in [0.4, 0.5) is 0 Å². The molecule has 0 aliphatic heterocycles. The van der Waals surface area contributed by atoms with Crippen molar-refractivity contribution in [3.05, 3.63) is 66.0 Å². The largest absolute Gasteiger partial charge is 0.482 e. The van der Waals surface area contributed by atoms with E-state index in [0.717, 1.165) is 17.5 Å². The predicted octanol–water partition coefficient (Wildman–Crippen LogP) is 2.01. The van der Waals surface area contributed by atoms with Crippen LogP contribution in [-0.2, 0) is 20.7 Å². The summed E-state index contributed by atoms with van der Waals surface area (Å²) >= 11 is 0. The topological polar surface area (TPSA) is 77.5 Å². The Morgan fingerprint density at radius 2 is 2.00 bits per heavy atom. The molecule has 130 valence electrons. The summed E-state index contributed by atoms with van der Waals surface area (Å²) in [5.74, 6) is -0.0368. The number of esters is 1. The van der Waals surface area contributed by atoms with E-state index in [4.69, 9.17) is 4.74 Å². The number of carbonyl (C=O) groups is 2. The third kappa shape index (κ3) is 6.87. The van der Waals surface area contributed by atoms with Gasteiger partial charge in [-0.3, -0.25) is 9.78 Å². The van der Waals surface area contributed by atoms with Gasteiger partial charge in [-0.15, -0.1) is 0 Å². The molecule has 1 N–H and O–H groups in total. The third-order valence-corrected chi connectivity index (χ3v) is 3.33. The van der Waals surface area contributed by atoms with Gasteiger partial charge in [0.2, 0.25) is 5.91 Å². The molecule has 2 aromatic rings. The Morgan fingerprint density at radius 3 is 2.68 bits per heavy atom. The van der Waals surface area contributed by atoms with Crippen LogP contribution in [0.25, 0.3) is 6.08 Å². The van der Waals surface area contributed by atoms with Gasteiger partial charge in [-0.1, -0.05) is 18.2 Å². The van der Waals surface area contributed by atoms with Crippen LogP contribution in [0.5, 0.6) is 5.75 Å². The minimum absolute atomic E-state index is 0.134. The monoisotopic (exact) mass is 340 g/mol. The van der Waals surface area contributed by atoms with Crippen molar-refractivity contribution in [2.75, 3.05) is 20.3 Å². The normalized spacial score (nSPS) is 10.4. The minimum Gasteiger partial charge on any atom is -0.482 e. The second-order valence-corrected chi connectivity index (χ2v) is 5.17. The summed E-state index contributed by atoms with van der Waals surface area (Å²) in [5, 5.41) is 2.82. The standard InChI is InChI=1S/C19H20N2O4/c1-24-19(23)14-25-17-7-4-15(5-8-17)6-9-18(22)21-12-10-16-3-2-11-20-13-16/h2-9,11,13H,10,12,14H2,1H3,(H,21,22)/b9-6+. The highest BCUT2D eigenvalue weighted by Gasteiger charge is 2.01. The Hall–Kier alpha value is -3.15. The van der Waals surface area contributed by atoms with Crippen molar-refractivity contribution in [1.29, 1.82) is 0 Å². The van der Waals surface area contributed by atoms with Gasteiger partial charge in [-0.2, -0.15) is 0 Å². The molecule has 1 aromatic heterocycles. The van der Waals surface area contributed by atoms with Crippen LogP contribution in [0.1, 0.15) is 11.1 Å². The second-order valence-electron chi connectivity index (χ2n) is 5.17. The first-order valence-electron chi connectivity index (χ1n) is 7.82. The molecular formula is C19H20N2O4. The van der Waals surface area contributed by atoms with E-state index in [9.17, 15) is 9.59 Å². The fourth-order valence-corrected chi connectivity index (χ4v) is 1.98. The highest BCUT2D eigenvalue weighted by Crippen LogP contribution is 2.13. The highest BCUT2D eigenvalue weighted by molar-refractivity contribution is 5.91. The number of carbonyl (C=O) groups excluding carboxylic acids is 2. The Kier molecular flexibility index (Phi) is 7.18. The lowest BCUT2D eigenvalue weighted by molar-refractivity contribution is -0.142. The molecule has 1 aromatic carbocycles. The molecule has 0 aliphatic carbocycles. The van der Waals surface area contributed by atoms with E-state index in [1.807, 2.05) is 12.1 Å². The molecule has 6 heteroatoms. The van der Waals surface area contributed by atoms with Gasteiger partial charge < -0.3 is 14.8 Å². The van der Waals surface area contributed by atoms with Crippen molar-refractivity contribution < 1.29 is 19.1 Å². The van der Waals surface area contributed by atoms with Gasteiger partial charge in [-0.25, -0.2) is 4.79 Å². The van der Waals surface area contributed by atoms with Crippen molar-refractivity contribution in [2.45, 2.75) is 6.42 Å². The van der Waals surface area contributed by atoms with Crippen LogP contribution in [0, 0.1) is 0 Å². The van der Waals surface area contributed by atoms with E-state index in [1.54, 1.807) is 42.7 Å². The lowest BCUT2D eigenvalue weighted by Gasteiger charge is -2.04. The summed E-state index contributed by atoms with van der Waals surface area (Å²) in [7, 11) is 1.31. The summed E-state index contributed by atoms with van der Waals surface area (Å²) in [4.78, 5) is 26.8. The Labute approximate surface area is 146 Å². The first kappa shape index (κ1) is 18.2. The van der Waals surface area contributed by atoms with Gasteiger partial charge in [0.15, 0.2) is 6.61 Å². The van der Waals surface area contributed by atoms with Crippen molar-refractivity contribution in [3.8, 4) is 5.75 Å². The van der Waals surface area contributed by atoms with Crippen LogP contribution in [0.3, 0.4) is 0 Å². The molecule has 0 atom stereocenters. The number of aromatic nitrogens is 1. The first-order chi connectivity index (χ1) is 12.2. The molecular weight excluding hydrogens is 320 g/mol. The average molecular weight is 340 g/mol.